The van der Waals surface area contributed by atoms with E-state index in [9.17, 15) is 9.59 Å². The molecule has 0 aliphatic rings. The Morgan fingerprint density at radius 3 is 2.36 bits per heavy atom. The van der Waals surface area contributed by atoms with Crippen LogP contribution >= 0.6 is 15.9 Å². The fourth-order valence-corrected chi connectivity index (χ4v) is 1.79. The zero-order valence-corrected chi connectivity index (χ0v) is 13.2. The molecule has 2 amide bonds. The summed E-state index contributed by atoms with van der Waals surface area (Å²) in [5, 5.41) is 0. The highest BCUT2D eigenvalue weighted by atomic mass is 79.9. The topological polar surface area (TPSA) is 89.8 Å². The van der Waals surface area contributed by atoms with Gasteiger partial charge >= 0.3 is 5.91 Å². The SMILES string of the molecule is COc1ccc(OCC(=O)NNC(=O)c2ccc(Br)o2)cc1. The molecule has 0 saturated heterocycles. The molecule has 1 heterocycles. The van der Waals surface area contributed by atoms with E-state index in [4.69, 9.17) is 13.9 Å². The van der Waals surface area contributed by atoms with E-state index in [-0.39, 0.29) is 12.4 Å². The molecule has 2 N–H and O–H groups in total. The van der Waals surface area contributed by atoms with Gasteiger partial charge in [0.1, 0.15) is 11.5 Å². The number of hydrazine groups is 1. The predicted octanol–water partition coefficient (Wildman–Crippen LogP) is 1.89. The second kappa shape index (κ2) is 7.51. The zero-order chi connectivity index (χ0) is 15.9. The van der Waals surface area contributed by atoms with E-state index in [0.29, 0.717) is 16.2 Å². The second-order valence-electron chi connectivity index (χ2n) is 4.07. The molecule has 8 heteroatoms. The number of nitrogens with one attached hydrogen (secondary N) is 2. The van der Waals surface area contributed by atoms with E-state index in [1.54, 1.807) is 37.4 Å². The van der Waals surface area contributed by atoms with Crippen molar-refractivity contribution in [3.63, 3.8) is 0 Å². The number of amides is 2. The summed E-state index contributed by atoms with van der Waals surface area (Å²) < 4.78 is 15.7. The van der Waals surface area contributed by atoms with Crippen LogP contribution < -0.4 is 20.3 Å². The lowest BCUT2D eigenvalue weighted by Gasteiger charge is -2.08. The Kier molecular flexibility index (Phi) is 5.42. The second-order valence-corrected chi connectivity index (χ2v) is 4.85. The predicted molar refractivity (Wildman–Crippen MR) is 80.5 cm³/mol. The van der Waals surface area contributed by atoms with Crippen LogP contribution in [-0.4, -0.2) is 25.5 Å². The number of benzene rings is 1. The van der Waals surface area contributed by atoms with Gasteiger partial charge in [-0.25, -0.2) is 0 Å². The third kappa shape index (κ3) is 4.52. The highest BCUT2D eigenvalue weighted by Gasteiger charge is 2.11. The largest absolute Gasteiger partial charge is 0.497 e. The van der Waals surface area contributed by atoms with Crippen molar-refractivity contribution in [3.8, 4) is 11.5 Å². The molecule has 0 bridgehead atoms. The molecular formula is C14H13BrN2O5. The van der Waals surface area contributed by atoms with Crippen molar-refractivity contribution in [1.82, 2.24) is 10.9 Å². The molecule has 1 aromatic carbocycles. The Hall–Kier alpha value is -2.48. The fraction of sp³-hybridized carbons (Fsp3) is 0.143. The summed E-state index contributed by atoms with van der Waals surface area (Å²) in [6, 6.07) is 9.81. The van der Waals surface area contributed by atoms with E-state index in [2.05, 4.69) is 26.8 Å². The zero-order valence-electron chi connectivity index (χ0n) is 11.6. The van der Waals surface area contributed by atoms with E-state index < -0.39 is 11.8 Å². The lowest BCUT2D eigenvalue weighted by Crippen LogP contribution is -2.43. The third-order valence-electron chi connectivity index (χ3n) is 2.54. The van der Waals surface area contributed by atoms with Crippen molar-refractivity contribution in [1.29, 1.82) is 0 Å². The van der Waals surface area contributed by atoms with Gasteiger partial charge in [-0.15, -0.1) is 0 Å². The smallest absolute Gasteiger partial charge is 0.305 e. The number of hydrogen-bond donors (Lipinski definition) is 2. The number of hydrogen-bond acceptors (Lipinski definition) is 5. The highest BCUT2D eigenvalue weighted by Crippen LogP contribution is 2.16. The van der Waals surface area contributed by atoms with Gasteiger partial charge in [-0.05, 0) is 52.3 Å². The monoisotopic (exact) mass is 368 g/mol. The Labute approximate surface area is 134 Å². The van der Waals surface area contributed by atoms with Crippen LogP contribution in [0.5, 0.6) is 11.5 Å². The summed E-state index contributed by atoms with van der Waals surface area (Å²) in [5.74, 6) is 0.201. The lowest BCUT2D eigenvalue weighted by molar-refractivity contribution is -0.123. The first-order valence-electron chi connectivity index (χ1n) is 6.20. The normalized spacial score (nSPS) is 9.91. The average Bonchev–Trinajstić information content (AvgIpc) is 2.97. The molecule has 116 valence electrons. The molecule has 0 fully saturated rings. The fourth-order valence-electron chi connectivity index (χ4n) is 1.48. The maximum Gasteiger partial charge on any atom is 0.305 e. The quantitative estimate of drug-likeness (QED) is 0.786. The summed E-state index contributed by atoms with van der Waals surface area (Å²) in [6.07, 6.45) is 0. The molecule has 0 aliphatic heterocycles. The van der Waals surface area contributed by atoms with E-state index in [1.165, 1.54) is 6.07 Å². The Morgan fingerprint density at radius 2 is 1.77 bits per heavy atom. The molecule has 0 unspecified atom stereocenters. The first-order valence-corrected chi connectivity index (χ1v) is 6.99. The Bertz CT molecular complexity index is 654. The highest BCUT2D eigenvalue weighted by molar-refractivity contribution is 9.10. The molecule has 0 aliphatic carbocycles. The van der Waals surface area contributed by atoms with Crippen LogP contribution in [0.2, 0.25) is 0 Å². The van der Waals surface area contributed by atoms with Gasteiger partial charge in [0, 0.05) is 0 Å². The summed E-state index contributed by atoms with van der Waals surface area (Å²) in [6.45, 7) is -0.242. The number of rotatable bonds is 5. The van der Waals surface area contributed by atoms with Gasteiger partial charge in [0.15, 0.2) is 17.0 Å². The van der Waals surface area contributed by atoms with Crippen molar-refractivity contribution in [2.24, 2.45) is 0 Å². The molecule has 0 atom stereocenters. The van der Waals surface area contributed by atoms with Crippen LogP contribution in [0.1, 0.15) is 10.6 Å². The standard InChI is InChI=1S/C14H13BrN2O5/c1-20-9-2-4-10(5-3-9)21-8-13(18)16-17-14(19)11-6-7-12(15)22-11/h2-7H,8H2,1H3,(H,16,18)(H,17,19). The molecule has 22 heavy (non-hydrogen) atoms. The van der Waals surface area contributed by atoms with Gasteiger partial charge in [-0.2, -0.15) is 0 Å². The summed E-state index contributed by atoms with van der Waals surface area (Å²) in [5.41, 5.74) is 4.43. The molecule has 2 rings (SSSR count). The number of carbonyl (C=O) groups excluding carboxylic acids is 2. The van der Waals surface area contributed by atoms with Gasteiger partial charge < -0.3 is 13.9 Å². The van der Waals surface area contributed by atoms with Crippen molar-refractivity contribution in [2.75, 3.05) is 13.7 Å². The lowest BCUT2D eigenvalue weighted by atomic mass is 10.3. The van der Waals surface area contributed by atoms with Crippen LogP contribution in [-0.2, 0) is 4.79 Å². The number of furan rings is 1. The minimum atomic E-state index is -0.566. The van der Waals surface area contributed by atoms with E-state index in [1.807, 2.05) is 0 Å². The molecule has 0 radical (unpaired) electrons. The number of carbonyl (C=O) groups is 2. The maximum absolute atomic E-state index is 11.6. The van der Waals surface area contributed by atoms with Gasteiger partial charge in [-0.1, -0.05) is 0 Å². The molecule has 7 nitrogen and oxygen atoms in total. The van der Waals surface area contributed by atoms with Crippen LogP contribution in [0.15, 0.2) is 45.5 Å². The van der Waals surface area contributed by atoms with Crippen LogP contribution in [0.3, 0.4) is 0 Å². The summed E-state index contributed by atoms with van der Waals surface area (Å²) in [7, 11) is 1.56. The van der Waals surface area contributed by atoms with E-state index >= 15 is 0 Å². The van der Waals surface area contributed by atoms with Crippen molar-refractivity contribution in [3.05, 3.63) is 46.8 Å². The van der Waals surface area contributed by atoms with Crippen LogP contribution in [0, 0.1) is 0 Å². The van der Waals surface area contributed by atoms with Crippen molar-refractivity contribution in [2.45, 2.75) is 0 Å². The Morgan fingerprint density at radius 1 is 1.09 bits per heavy atom. The first kappa shape index (κ1) is 15.9. The number of halogens is 1. The first-order chi connectivity index (χ1) is 10.6. The summed E-state index contributed by atoms with van der Waals surface area (Å²) >= 11 is 3.08. The molecule has 0 spiro atoms. The third-order valence-corrected chi connectivity index (χ3v) is 2.97. The molecule has 1 aromatic heterocycles. The van der Waals surface area contributed by atoms with Crippen LogP contribution in [0.25, 0.3) is 0 Å². The van der Waals surface area contributed by atoms with Crippen molar-refractivity contribution >= 4 is 27.7 Å². The van der Waals surface area contributed by atoms with Crippen LogP contribution in [0.4, 0.5) is 0 Å². The molecular weight excluding hydrogens is 356 g/mol. The van der Waals surface area contributed by atoms with Gasteiger partial charge in [0.05, 0.1) is 7.11 Å². The van der Waals surface area contributed by atoms with E-state index in [0.717, 1.165) is 0 Å². The average molecular weight is 369 g/mol. The minimum Gasteiger partial charge on any atom is -0.497 e. The van der Waals surface area contributed by atoms with Gasteiger partial charge in [0.25, 0.3) is 5.91 Å². The summed E-state index contributed by atoms with van der Waals surface area (Å²) in [4.78, 5) is 23.2. The van der Waals surface area contributed by atoms with Gasteiger partial charge in [0.2, 0.25) is 0 Å². The van der Waals surface area contributed by atoms with Gasteiger partial charge in [-0.3, -0.25) is 20.4 Å². The Balaban J connectivity index is 1.74. The number of ether oxygens (including phenoxy) is 2. The maximum atomic E-state index is 11.6. The molecule has 2 aromatic rings. The molecule has 0 saturated carbocycles. The number of methoxy groups -OCH3 is 1. The van der Waals surface area contributed by atoms with Crippen molar-refractivity contribution < 1.29 is 23.5 Å². The minimum absolute atomic E-state index is 0.0725.